The molecule has 4 heterocycles. The van der Waals surface area contributed by atoms with Crippen LogP contribution in [0.1, 0.15) is 42.3 Å². The highest BCUT2D eigenvalue weighted by atomic mass is 16.8. The molecule has 31 heavy (non-hydrogen) atoms. The van der Waals surface area contributed by atoms with Crippen LogP contribution in [0.15, 0.2) is 36.8 Å². The highest BCUT2D eigenvalue weighted by Crippen LogP contribution is 2.40. The predicted octanol–water partition coefficient (Wildman–Crippen LogP) is 2.19. The van der Waals surface area contributed by atoms with Crippen LogP contribution in [0, 0.1) is 0 Å². The van der Waals surface area contributed by atoms with E-state index in [0.29, 0.717) is 12.3 Å². The molecule has 2 aromatic heterocycles. The van der Waals surface area contributed by atoms with E-state index in [0.717, 1.165) is 29.4 Å². The van der Waals surface area contributed by atoms with Crippen LogP contribution >= 0.6 is 0 Å². The quantitative estimate of drug-likeness (QED) is 0.590. The second kappa shape index (κ2) is 7.96. The second-order valence-electron chi connectivity index (χ2n) is 8.63. The fourth-order valence-electron chi connectivity index (χ4n) is 4.48. The molecule has 164 valence electrons. The van der Waals surface area contributed by atoms with Gasteiger partial charge in [0.15, 0.2) is 5.79 Å². The summed E-state index contributed by atoms with van der Waals surface area (Å²) in [5, 5.41) is 20.4. The third-order valence-corrected chi connectivity index (χ3v) is 6.13. The molecule has 1 aromatic carbocycles. The minimum absolute atomic E-state index is 0.0448. The maximum absolute atomic E-state index is 10.6. The van der Waals surface area contributed by atoms with E-state index in [2.05, 4.69) is 27.1 Å². The molecule has 8 nitrogen and oxygen atoms in total. The Balaban J connectivity index is 0.000000157. The van der Waals surface area contributed by atoms with E-state index in [1.165, 1.54) is 17.5 Å². The molecule has 6 rings (SSSR count). The van der Waals surface area contributed by atoms with Gasteiger partial charge in [0, 0.05) is 11.6 Å². The molecule has 3 N–H and O–H groups in total. The first-order valence-corrected chi connectivity index (χ1v) is 10.6. The number of nitrogens with zero attached hydrogens (tertiary/aromatic N) is 2. The van der Waals surface area contributed by atoms with Crippen LogP contribution in [0.25, 0.3) is 11.0 Å². The maximum atomic E-state index is 10.6. The zero-order valence-corrected chi connectivity index (χ0v) is 17.6. The number of aliphatic hydroxyl groups excluding tert-OH is 2. The van der Waals surface area contributed by atoms with E-state index >= 15 is 0 Å². The molecule has 0 radical (unpaired) electrons. The lowest BCUT2D eigenvalue weighted by molar-refractivity contribution is -0.184. The van der Waals surface area contributed by atoms with Crippen molar-refractivity contribution in [2.24, 2.45) is 0 Å². The van der Waals surface area contributed by atoms with E-state index in [9.17, 15) is 5.11 Å². The molecule has 2 saturated heterocycles. The van der Waals surface area contributed by atoms with Crippen LogP contribution in [-0.2, 0) is 33.7 Å². The number of rotatable bonds is 3. The van der Waals surface area contributed by atoms with Crippen LogP contribution in [-0.4, -0.2) is 55.9 Å². The number of fused-ring (bicyclic) bond motifs is 3. The Labute approximate surface area is 180 Å². The molecule has 2 fully saturated rings. The maximum Gasteiger partial charge on any atom is 0.164 e. The molecule has 1 aliphatic carbocycles. The lowest BCUT2D eigenvalue weighted by Crippen LogP contribution is -2.34. The minimum atomic E-state index is -0.659. The van der Waals surface area contributed by atoms with Crippen LogP contribution in [0.4, 0.5) is 0 Å². The average molecular weight is 425 g/mol. The van der Waals surface area contributed by atoms with Crippen LogP contribution < -0.4 is 0 Å². The summed E-state index contributed by atoms with van der Waals surface area (Å²) in [5.74, 6) is -0.586. The van der Waals surface area contributed by atoms with Gasteiger partial charge in [-0.3, -0.25) is 0 Å². The Morgan fingerprint density at radius 2 is 2.00 bits per heavy atom. The number of H-pyrrole nitrogens is 1. The van der Waals surface area contributed by atoms with Crippen LogP contribution in [0.5, 0.6) is 0 Å². The Bertz CT molecular complexity index is 1080. The molecule has 0 saturated carbocycles. The second-order valence-corrected chi connectivity index (χ2v) is 8.63. The first-order chi connectivity index (χ1) is 14.9. The van der Waals surface area contributed by atoms with Gasteiger partial charge >= 0.3 is 0 Å². The fourth-order valence-corrected chi connectivity index (χ4v) is 4.48. The molecule has 2 aliphatic heterocycles. The van der Waals surface area contributed by atoms with Crippen molar-refractivity contribution in [2.75, 3.05) is 6.61 Å². The number of aromatic nitrogens is 3. The Kier molecular flexibility index (Phi) is 5.27. The summed E-state index contributed by atoms with van der Waals surface area (Å²) in [5.41, 5.74) is 5.09. The molecule has 8 heteroatoms. The highest BCUT2D eigenvalue weighted by molar-refractivity contribution is 5.77. The van der Waals surface area contributed by atoms with E-state index in [4.69, 9.17) is 19.3 Å². The number of aliphatic hydroxyl groups is 2. The summed E-state index contributed by atoms with van der Waals surface area (Å²) in [4.78, 5) is 10.8. The molecule has 4 unspecified atom stereocenters. The van der Waals surface area contributed by atoms with Crippen LogP contribution in [0.2, 0.25) is 0 Å². The molecule has 4 atom stereocenters. The van der Waals surface area contributed by atoms with Gasteiger partial charge in [-0.15, -0.1) is 0 Å². The third-order valence-electron chi connectivity index (χ3n) is 6.13. The summed E-state index contributed by atoms with van der Waals surface area (Å²) in [6.45, 7) is 4.25. The van der Waals surface area contributed by atoms with E-state index in [1.54, 1.807) is 6.20 Å². The number of aryl methyl sites for hydroxylation is 2. The number of hydrogen-bond acceptors (Lipinski definition) is 7. The molecule has 3 aromatic rings. The molecular weight excluding hydrogens is 398 g/mol. The molecule has 3 aliphatic rings. The van der Waals surface area contributed by atoms with Gasteiger partial charge in [0.05, 0.1) is 18.9 Å². The summed E-state index contributed by atoms with van der Waals surface area (Å²) in [7, 11) is 0. The summed E-state index contributed by atoms with van der Waals surface area (Å²) in [6, 6.07) is 8.06. The largest absolute Gasteiger partial charge is 0.390 e. The van der Waals surface area contributed by atoms with E-state index in [-0.39, 0.29) is 24.9 Å². The van der Waals surface area contributed by atoms with Gasteiger partial charge in [-0.2, -0.15) is 0 Å². The first kappa shape index (κ1) is 20.5. The van der Waals surface area contributed by atoms with Gasteiger partial charge in [0.2, 0.25) is 0 Å². The molecular formula is C23H27N3O5. The zero-order valence-electron chi connectivity index (χ0n) is 17.6. The van der Waals surface area contributed by atoms with Crippen molar-refractivity contribution in [1.29, 1.82) is 0 Å². The molecule has 0 amide bonds. The van der Waals surface area contributed by atoms with Crippen molar-refractivity contribution < 1.29 is 24.4 Å². The first-order valence-electron chi connectivity index (χ1n) is 10.6. The SMILES string of the molecule is CC1(C)OC2COC(C(O)c3ccc4c(c3)CC4)C2O1.OCc1ncnc2[nH]ccc12. The standard InChI is InChI=1S/C16H20O4.C7H7N3O/c1-16(2)19-12-8-18-15(14(12)20-16)13(17)11-6-4-9-3-5-10(9)7-11;11-3-6-5-1-2-8-7(5)10-4-9-6/h4,6-7,12-15,17H,3,5,8H2,1-2H3;1-2,4,11H,3H2,(H,8,9,10). The summed E-state index contributed by atoms with van der Waals surface area (Å²) >= 11 is 0. The topological polar surface area (TPSA) is 110 Å². The number of aromatic amines is 1. The smallest absolute Gasteiger partial charge is 0.164 e. The number of hydrogen-bond donors (Lipinski definition) is 3. The monoisotopic (exact) mass is 425 g/mol. The fraction of sp³-hybridized carbons (Fsp3) is 0.478. The zero-order chi connectivity index (χ0) is 21.6. The van der Waals surface area contributed by atoms with Crippen molar-refractivity contribution in [3.8, 4) is 0 Å². The Morgan fingerprint density at radius 3 is 2.74 bits per heavy atom. The number of nitrogens with one attached hydrogen (secondary N) is 1. The van der Waals surface area contributed by atoms with Gasteiger partial charge in [-0.05, 0) is 49.4 Å². The van der Waals surface area contributed by atoms with Crippen molar-refractivity contribution in [3.63, 3.8) is 0 Å². The van der Waals surface area contributed by atoms with Crippen molar-refractivity contribution >= 4 is 11.0 Å². The van der Waals surface area contributed by atoms with Gasteiger partial charge in [-0.25, -0.2) is 9.97 Å². The number of ether oxygens (including phenoxy) is 3. The van der Waals surface area contributed by atoms with Crippen molar-refractivity contribution in [2.45, 2.75) is 63.5 Å². The normalized spacial score (nSPS) is 26.5. The Morgan fingerprint density at radius 1 is 1.16 bits per heavy atom. The van der Waals surface area contributed by atoms with Crippen LogP contribution in [0.3, 0.4) is 0 Å². The van der Waals surface area contributed by atoms with Crippen molar-refractivity contribution in [3.05, 3.63) is 59.2 Å². The average Bonchev–Trinajstić information content (AvgIpc) is 3.42. The van der Waals surface area contributed by atoms with Gasteiger partial charge in [-0.1, -0.05) is 18.2 Å². The highest BCUT2D eigenvalue weighted by Gasteiger charge is 2.52. The van der Waals surface area contributed by atoms with Gasteiger partial charge in [0.1, 0.15) is 36.4 Å². The Hall–Kier alpha value is -2.36. The summed E-state index contributed by atoms with van der Waals surface area (Å²) < 4.78 is 17.4. The van der Waals surface area contributed by atoms with E-state index in [1.807, 2.05) is 26.0 Å². The van der Waals surface area contributed by atoms with Gasteiger partial charge < -0.3 is 29.4 Å². The predicted molar refractivity (Wildman–Crippen MR) is 112 cm³/mol. The third kappa shape index (κ3) is 3.86. The molecule has 0 bridgehead atoms. The summed E-state index contributed by atoms with van der Waals surface area (Å²) in [6.07, 6.45) is 4.21. The van der Waals surface area contributed by atoms with E-state index < -0.39 is 11.9 Å². The number of benzene rings is 1. The lowest BCUT2D eigenvalue weighted by atomic mass is 9.85. The van der Waals surface area contributed by atoms with Gasteiger partial charge in [0.25, 0.3) is 0 Å². The van der Waals surface area contributed by atoms with Crippen molar-refractivity contribution in [1.82, 2.24) is 15.0 Å². The molecule has 0 spiro atoms. The lowest BCUT2D eigenvalue weighted by Gasteiger charge is -2.27. The minimum Gasteiger partial charge on any atom is -0.390 e.